The Morgan fingerprint density at radius 1 is 1.67 bits per heavy atom. The Morgan fingerprint density at radius 3 is 2.73 bits per heavy atom. The van der Waals surface area contributed by atoms with Crippen molar-refractivity contribution in [2.75, 3.05) is 13.7 Å². The smallest absolute Gasteiger partial charge is 0.174 e. The van der Waals surface area contributed by atoms with Crippen molar-refractivity contribution >= 4 is 11.6 Å². The summed E-state index contributed by atoms with van der Waals surface area (Å²) in [6.07, 6.45) is -1.27. The van der Waals surface area contributed by atoms with Crippen molar-refractivity contribution in [3.63, 3.8) is 0 Å². The van der Waals surface area contributed by atoms with Gasteiger partial charge in [0.25, 0.3) is 0 Å². The Kier molecular flexibility index (Phi) is 3.73. The van der Waals surface area contributed by atoms with E-state index in [4.69, 9.17) is 22.1 Å². The Bertz CT molecular complexity index is 373. The first kappa shape index (κ1) is 12.0. The van der Waals surface area contributed by atoms with Gasteiger partial charge in [0.2, 0.25) is 0 Å². The summed E-state index contributed by atoms with van der Waals surface area (Å²) in [5, 5.41) is 18.6. The Hall–Kier alpha value is -1.04. The first-order chi connectivity index (χ1) is 7.02. The van der Waals surface area contributed by atoms with Gasteiger partial charge in [-0.15, -0.1) is 0 Å². The number of benzene rings is 1. The van der Waals surface area contributed by atoms with Gasteiger partial charge in [0.15, 0.2) is 11.6 Å². The van der Waals surface area contributed by atoms with Gasteiger partial charge in [0, 0.05) is 12.6 Å². The number of hydrogen-bond donors (Lipinski definition) is 3. The quantitative estimate of drug-likeness (QED) is 0.736. The van der Waals surface area contributed by atoms with Crippen LogP contribution >= 0.6 is 11.6 Å². The molecule has 4 N–H and O–H groups in total. The number of ether oxygens (including phenoxy) is 1. The minimum atomic E-state index is -1.27. The monoisotopic (exact) mass is 235 g/mol. The van der Waals surface area contributed by atoms with E-state index in [-0.39, 0.29) is 22.9 Å². The number of phenols is 1. The van der Waals surface area contributed by atoms with Crippen molar-refractivity contribution < 1.29 is 19.3 Å². The number of nitrogens with two attached hydrogens (primary N) is 1. The summed E-state index contributed by atoms with van der Waals surface area (Å²) in [7, 11) is 1.28. The molecule has 0 bridgehead atoms. The molecule has 0 saturated heterocycles. The number of halogens is 2. The maximum atomic E-state index is 13.5. The van der Waals surface area contributed by atoms with E-state index in [9.17, 15) is 14.6 Å². The molecule has 1 rings (SSSR count). The lowest BCUT2D eigenvalue weighted by Gasteiger charge is -2.16. The second-order valence-corrected chi connectivity index (χ2v) is 3.30. The number of methoxy groups -OCH3 is 1. The van der Waals surface area contributed by atoms with Crippen molar-refractivity contribution in [1.82, 2.24) is 0 Å². The van der Waals surface area contributed by atoms with Crippen LogP contribution in [0.1, 0.15) is 11.7 Å². The van der Waals surface area contributed by atoms with E-state index in [1.807, 2.05) is 0 Å². The molecule has 0 fully saturated rings. The largest absolute Gasteiger partial charge is 0.505 e. The van der Waals surface area contributed by atoms with Crippen molar-refractivity contribution in [3.05, 3.63) is 22.5 Å². The fraction of sp³-hybridized carbons (Fsp3) is 0.333. The maximum Gasteiger partial charge on any atom is 0.174 e. The Morgan fingerprint density at radius 2 is 2.27 bits per heavy atom. The molecule has 6 heteroatoms. The average molecular weight is 236 g/mol. The molecule has 1 aromatic rings. The fourth-order valence-corrected chi connectivity index (χ4v) is 1.52. The van der Waals surface area contributed by atoms with Gasteiger partial charge < -0.3 is 20.7 Å². The maximum absolute atomic E-state index is 13.5. The molecule has 0 radical (unpaired) electrons. The van der Waals surface area contributed by atoms with Gasteiger partial charge in [-0.05, 0) is 0 Å². The summed E-state index contributed by atoms with van der Waals surface area (Å²) in [6.45, 7) is -0.201. The molecule has 1 atom stereocenters. The van der Waals surface area contributed by atoms with Crippen LogP contribution in [0.15, 0.2) is 6.07 Å². The van der Waals surface area contributed by atoms with E-state index in [0.29, 0.717) is 0 Å². The molecule has 0 heterocycles. The van der Waals surface area contributed by atoms with Gasteiger partial charge in [-0.1, -0.05) is 11.6 Å². The molecular weight excluding hydrogens is 225 g/mol. The molecule has 4 nitrogen and oxygen atoms in total. The van der Waals surface area contributed by atoms with Crippen LogP contribution in [-0.2, 0) is 0 Å². The number of aromatic hydroxyl groups is 1. The summed E-state index contributed by atoms with van der Waals surface area (Å²) in [6, 6.07) is 1.00. The zero-order chi connectivity index (χ0) is 11.6. The highest BCUT2D eigenvalue weighted by Crippen LogP contribution is 2.38. The molecule has 0 amide bonds. The van der Waals surface area contributed by atoms with Crippen molar-refractivity contribution in [2.24, 2.45) is 5.73 Å². The summed E-state index contributed by atoms with van der Waals surface area (Å²) in [5.41, 5.74) is 4.97. The van der Waals surface area contributed by atoms with Crippen LogP contribution in [0.5, 0.6) is 11.5 Å². The summed E-state index contributed by atoms with van der Waals surface area (Å²) < 4.78 is 18.3. The van der Waals surface area contributed by atoms with Crippen LogP contribution in [0.3, 0.4) is 0 Å². The topological polar surface area (TPSA) is 75.7 Å². The van der Waals surface area contributed by atoms with Crippen LogP contribution in [0.4, 0.5) is 4.39 Å². The lowest BCUT2D eigenvalue weighted by Crippen LogP contribution is -2.14. The minimum Gasteiger partial charge on any atom is -0.505 e. The SMILES string of the molecule is COc1c(Cl)cc(O)c(F)c1C(O)CN. The number of phenolic OH excluding ortho intramolecular Hbond substituents is 1. The van der Waals surface area contributed by atoms with Gasteiger partial charge in [-0.3, -0.25) is 0 Å². The molecule has 1 aromatic carbocycles. The molecule has 0 aliphatic heterocycles. The van der Waals surface area contributed by atoms with E-state index < -0.39 is 17.7 Å². The molecular formula is C9H11ClFNO3. The third kappa shape index (κ3) is 2.14. The number of aliphatic hydroxyl groups excluding tert-OH is 1. The summed E-state index contributed by atoms with van der Waals surface area (Å²) >= 11 is 5.70. The summed E-state index contributed by atoms with van der Waals surface area (Å²) in [4.78, 5) is 0. The molecule has 1 unspecified atom stereocenters. The third-order valence-electron chi connectivity index (χ3n) is 1.95. The lowest BCUT2D eigenvalue weighted by atomic mass is 10.1. The van der Waals surface area contributed by atoms with Crippen LogP contribution in [0.25, 0.3) is 0 Å². The summed E-state index contributed by atoms with van der Waals surface area (Å²) in [5.74, 6) is -1.65. The molecule has 0 aromatic heterocycles. The second kappa shape index (κ2) is 4.65. The van der Waals surface area contributed by atoms with E-state index >= 15 is 0 Å². The van der Waals surface area contributed by atoms with Crippen LogP contribution in [-0.4, -0.2) is 23.9 Å². The average Bonchev–Trinajstić information content (AvgIpc) is 2.21. The van der Waals surface area contributed by atoms with E-state index in [1.165, 1.54) is 7.11 Å². The predicted octanol–water partition coefficient (Wildman–Crippen LogP) is 1.19. The van der Waals surface area contributed by atoms with E-state index in [2.05, 4.69) is 0 Å². The normalized spacial score (nSPS) is 12.6. The number of rotatable bonds is 3. The van der Waals surface area contributed by atoms with Gasteiger partial charge >= 0.3 is 0 Å². The predicted molar refractivity (Wildman–Crippen MR) is 53.6 cm³/mol. The number of hydrogen-bond acceptors (Lipinski definition) is 4. The highest BCUT2D eigenvalue weighted by Gasteiger charge is 2.23. The van der Waals surface area contributed by atoms with E-state index in [0.717, 1.165) is 6.07 Å². The van der Waals surface area contributed by atoms with Crippen LogP contribution in [0.2, 0.25) is 5.02 Å². The first-order valence-corrected chi connectivity index (χ1v) is 4.53. The highest BCUT2D eigenvalue weighted by molar-refractivity contribution is 6.32. The molecule has 15 heavy (non-hydrogen) atoms. The van der Waals surface area contributed by atoms with Crippen molar-refractivity contribution in [2.45, 2.75) is 6.10 Å². The molecule has 84 valence electrons. The van der Waals surface area contributed by atoms with Crippen LogP contribution < -0.4 is 10.5 Å². The lowest BCUT2D eigenvalue weighted by molar-refractivity contribution is 0.175. The standard InChI is InChI=1S/C9H11ClFNO3/c1-15-9-4(10)2-5(13)8(11)7(9)6(14)3-12/h2,6,13-14H,3,12H2,1H3. The molecule has 0 aliphatic carbocycles. The van der Waals surface area contributed by atoms with Gasteiger partial charge in [-0.2, -0.15) is 0 Å². The first-order valence-electron chi connectivity index (χ1n) is 4.15. The van der Waals surface area contributed by atoms with Crippen LogP contribution in [0, 0.1) is 5.82 Å². The third-order valence-corrected chi connectivity index (χ3v) is 2.23. The molecule has 0 spiro atoms. The minimum absolute atomic E-state index is 0.0129. The fourth-order valence-electron chi connectivity index (χ4n) is 1.24. The van der Waals surface area contributed by atoms with Gasteiger partial charge in [0.1, 0.15) is 5.75 Å². The molecule has 0 aliphatic rings. The van der Waals surface area contributed by atoms with Gasteiger partial charge in [-0.25, -0.2) is 4.39 Å². The van der Waals surface area contributed by atoms with E-state index in [1.54, 1.807) is 0 Å². The Balaban J connectivity index is 3.43. The number of aliphatic hydroxyl groups is 1. The van der Waals surface area contributed by atoms with Crippen molar-refractivity contribution in [3.8, 4) is 11.5 Å². The Labute approximate surface area is 91.0 Å². The van der Waals surface area contributed by atoms with Gasteiger partial charge in [0.05, 0.1) is 23.8 Å². The molecule has 0 saturated carbocycles. The zero-order valence-electron chi connectivity index (χ0n) is 8.00. The van der Waals surface area contributed by atoms with Crippen molar-refractivity contribution in [1.29, 1.82) is 0 Å². The zero-order valence-corrected chi connectivity index (χ0v) is 8.75. The second-order valence-electron chi connectivity index (χ2n) is 2.89. The highest BCUT2D eigenvalue weighted by atomic mass is 35.5.